The Hall–Kier alpha value is -2.23. The van der Waals surface area contributed by atoms with Gasteiger partial charge in [-0.05, 0) is 69.2 Å². The van der Waals surface area contributed by atoms with Crippen molar-refractivity contribution >= 4 is 26.8 Å². The Morgan fingerprint density at radius 3 is 2.57 bits per heavy atom. The standard InChI is InChI=1S/C26H38N4O4S/c1-18-13-19(2)17-29(16-18)11-6-10-27-26(32)23-15-25(31)28-24-9-8-21(14-22(23)24)35(33,34)30-12-5-4-7-20(30)3/h8-9,14-15,18-20H,4-7,10-13,16-17H2,1-3H3,(H,27,32)(H,28,31)/t18-,19-,20-/m1/s1. The molecule has 0 aliphatic carbocycles. The van der Waals surface area contributed by atoms with Gasteiger partial charge in [0.2, 0.25) is 15.6 Å². The van der Waals surface area contributed by atoms with Crippen LogP contribution in [0.25, 0.3) is 10.9 Å². The number of rotatable bonds is 7. The van der Waals surface area contributed by atoms with Gasteiger partial charge in [-0.25, -0.2) is 8.42 Å². The lowest BCUT2D eigenvalue weighted by Gasteiger charge is -2.34. The topological polar surface area (TPSA) is 103 Å². The molecule has 3 atom stereocenters. The number of aromatic amines is 1. The van der Waals surface area contributed by atoms with E-state index >= 15 is 0 Å². The van der Waals surface area contributed by atoms with E-state index in [1.54, 1.807) is 10.4 Å². The Labute approximate surface area is 208 Å². The maximum atomic E-state index is 13.3. The van der Waals surface area contributed by atoms with Gasteiger partial charge in [0, 0.05) is 49.2 Å². The highest BCUT2D eigenvalue weighted by Crippen LogP contribution is 2.28. The van der Waals surface area contributed by atoms with E-state index < -0.39 is 10.0 Å². The average Bonchev–Trinajstić information content (AvgIpc) is 2.80. The molecule has 8 nitrogen and oxygen atoms in total. The molecule has 4 rings (SSSR count). The summed E-state index contributed by atoms with van der Waals surface area (Å²) in [6, 6.07) is 5.80. The largest absolute Gasteiger partial charge is 0.352 e. The lowest BCUT2D eigenvalue weighted by Crippen LogP contribution is -2.41. The zero-order chi connectivity index (χ0) is 25.2. The predicted octanol–water partition coefficient (Wildman–Crippen LogP) is 3.19. The predicted molar refractivity (Wildman–Crippen MR) is 138 cm³/mol. The zero-order valence-corrected chi connectivity index (χ0v) is 21.9. The van der Waals surface area contributed by atoms with Gasteiger partial charge in [-0.2, -0.15) is 4.31 Å². The number of carbonyl (C=O) groups is 1. The van der Waals surface area contributed by atoms with Crippen LogP contribution in [0.15, 0.2) is 34.0 Å². The second kappa shape index (κ2) is 10.8. The lowest BCUT2D eigenvalue weighted by atomic mass is 9.92. The minimum atomic E-state index is -3.69. The van der Waals surface area contributed by atoms with Crippen LogP contribution in [0.5, 0.6) is 0 Å². The molecule has 2 N–H and O–H groups in total. The van der Waals surface area contributed by atoms with Crippen LogP contribution in [0, 0.1) is 11.8 Å². The van der Waals surface area contributed by atoms with Crippen LogP contribution in [-0.2, 0) is 10.0 Å². The molecule has 2 aliphatic rings. The quantitative estimate of drug-likeness (QED) is 0.566. The molecule has 0 bridgehead atoms. The zero-order valence-electron chi connectivity index (χ0n) is 21.0. The Balaban J connectivity index is 1.50. The van der Waals surface area contributed by atoms with E-state index in [4.69, 9.17) is 0 Å². The van der Waals surface area contributed by atoms with Crippen molar-refractivity contribution in [2.24, 2.45) is 11.8 Å². The number of benzene rings is 1. The molecule has 3 heterocycles. The number of likely N-dealkylation sites (tertiary alicyclic amines) is 1. The van der Waals surface area contributed by atoms with Gasteiger partial charge in [0.1, 0.15) is 0 Å². The number of piperidine rings is 2. The van der Waals surface area contributed by atoms with Crippen LogP contribution in [0.4, 0.5) is 0 Å². The van der Waals surface area contributed by atoms with E-state index in [9.17, 15) is 18.0 Å². The van der Waals surface area contributed by atoms with Crippen LogP contribution in [-0.4, -0.2) is 67.3 Å². The number of pyridine rings is 1. The van der Waals surface area contributed by atoms with E-state index in [0.717, 1.165) is 45.3 Å². The van der Waals surface area contributed by atoms with Crippen LogP contribution in [0.2, 0.25) is 0 Å². The van der Waals surface area contributed by atoms with Crippen molar-refractivity contribution in [3.05, 3.63) is 40.2 Å². The third kappa shape index (κ3) is 5.95. The molecule has 192 valence electrons. The molecule has 1 aromatic carbocycles. The fourth-order valence-corrected chi connectivity index (χ4v) is 7.45. The Bertz CT molecular complexity index is 1220. The number of nitrogens with zero attached hydrogens (tertiary/aromatic N) is 2. The minimum absolute atomic E-state index is 0.0614. The smallest absolute Gasteiger partial charge is 0.252 e. The van der Waals surface area contributed by atoms with Crippen molar-refractivity contribution in [1.82, 2.24) is 19.5 Å². The summed E-state index contributed by atoms with van der Waals surface area (Å²) >= 11 is 0. The van der Waals surface area contributed by atoms with Crippen LogP contribution in [0.3, 0.4) is 0 Å². The first-order chi connectivity index (χ1) is 16.6. The molecule has 1 aromatic heterocycles. The van der Waals surface area contributed by atoms with Gasteiger partial charge in [0.15, 0.2) is 0 Å². The summed E-state index contributed by atoms with van der Waals surface area (Å²) in [5.74, 6) is 1.02. The summed E-state index contributed by atoms with van der Waals surface area (Å²) in [5.41, 5.74) is 0.261. The van der Waals surface area contributed by atoms with Crippen molar-refractivity contribution in [2.75, 3.05) is 32.7 Å². The van der Waals surface area contributed by atoms with Crippen LogP contribution in [0.1, 0.15) is 63.2 Å². The second-order valence-electron chi connectivity index (χ2n) is 10.5. The molecule has 0 unspecified atom stereocenters. The number of nitrogens with one attached hydrogen (secondary N) is 2. The molecule has 0 spiro atoms. The fourth-order valence-electron chi connectivity index (χ4n) is 5.72. The first-order valence-corrected chi connectivity index (χ1v) is 14.3. The number of sulfonamides is 1. The first kappa shape index (κ1) is 25.9. The second-order valence-corrected chi connectivity index (χ2v) is 12.4. The molecule has 0 radical (unpaired) electrons. The average molecular weight is 503 g/mol. The SMILES string of the molecule is C[C@@H]1C[C@@H](C)CN(CCCNC(=O)c2cc(=O)[nH]c3ccc(S(=O)(=O)N4CCCC[C@H]4C)cc23)C1. The highest BCUT2D eigenvalue weighted by molar-refractivity contribution is 7.89. The van der Waals surface area contributed by atoms with Gasteiger partial charge in [-0.1, -0.05) is 20.3 Å². The normalized spacial score (nSPS) is 24.5. The first-order valence-electron chi connectivity index (χ1n) is 12.8. The monoisotopic (exact) mass is 502 g/mol. The number of hydrogen-bond donors (Lipinski definition) is 2. The Morgan fingerprint density at radius 2 is 1.86 bits per heavy atom. The molecule has 2 aliphatic heterocycles. The molecule has 1 amide bonds. The molecule has 2 aromatic rings. The van der Waals surface area contributed by atoms with Crippen molar-refractivity contribution in [2.45, 2.75) is 63.8 Å². The maximum Gasteiger partial charge on any atom is 0.252 e. The number of aromatic nitrogens is 1. The van der Waals surface area contributed by atoms with Crippen molar-refractivity contribution in [3.63, 3.8) is 0 Å². The van der Waals surface area contributed by atoms with Gasteiger partial charge in [-0.3, -0.25) is 9.59 Å². The Morgan fingerprint density at radius 1 is 1.11 bits per heavy atom. The summed E-state index contributed by atoms with van der Waals surface area (Å²) in [5, 5.41) is 3.37. The molecule has 0 saturated carbocycles. The molecule has 2 saturated heterocycles. The number of carbonyl (C=O) groups excluding carboxylic acids is 1. The van der Waals surface area contributed by atoms with E-state index in [0.29, 0.717) is 35.8 Å². The molecule has 2 fully saturated rings. The fraction of sp³-hybridized carbons (Fsp3) is 0.615. The van der Waals surface area contributed by atoms with E-state index in [1.807, 2.05) is 6.92 Å². The summed E-state index contributed by atoms with van der Waals surface area (Å²) in [6.45, 7) is 10.6. The van der Waals surface area contributed by atoms with Crippen LogP contribution >= 0.6 is 0 Å². The van der Waals surface area contributed by atoms with Crippen molar-refractivity contribution in [1.29, 1.82) is 0 Å². The lowest BCUT2D eigenvalue weighted by molar-refractivity contribution is 0.0948. The maximum absolute atomic E-state index is 13.3. The summed E-state index contributed by atoms with van der Waals surface area (Å²) in [6.07, 6.45) is 4.78. The third-order valence-corrected chi connectivity index (χ3v) is 9.30. The minimum Gasteiger partial charge on any atom is -0.352 e. The number of fused-ring (bicyclic) bond motifs is 1. The number of hydrogen-bond acceptors (Lipinski definition) is 5. The molecule has 9 heteroatoms. The molecular weight excluding hydrogens is 464 g/mol. The Kier molecular flexibility index (Phi) is 7.98. The van der Waals surface area contributed by atoms with Crippen molar-refractivity contribution < 1.29 is 13.2 Å². The molecule has 35 heavy (non-hydrogen) atoms. The van der Waals surface area contributed by atoms with E-state index in [-0.39, 0.29) is 28.0 Å². The third-order valence-electron chi connectivity index (χ3n) is 7.29. The number of H-pyrrole nitrogens is 1. The van der Waals surface area contributed by atoms with Gasteiger partial charge in [0.05, 0.1) is 10.5 Å². The summed E-state index contributed by atoms with van der Waals surface area (Å²) in [4.78, 5) is 30.6. The van der Waals surface area contributed by atoms with Gasteiger partial charge in [-0.15, -0.1) is 0 Å². The van der Waals surface area contributed by atoms with E-state index in [1.165, 1.54) is 24.6 Å². The van der Waals surface area contributed by atoms with Gasteiger partial charge < -0.3 is 15.2 Å². The van der Waals surface area contributed by atoms with Crippen LogP contribution < -0.4 is 10.9 Å². The summed E-state index contributed by atoms with van der Waals surface area (Å²) in [7, 11) is -3.69. The number of amides is 1. The molecular formula is C26H38N4O4S. The highest BCUT2D eigenvalue weighted by atomic mass is 32.2. The van der Waals surface area contributed by atoms with Gasteiger partial charge >= 0.3 is 0 Å². The van der Waals surface area contributed by atoms with Crippen molar-refractivity contribution in [3.8, 4) is 0 Å². The van der Waals surface area contributed by atoms with Gasteiger partial charge in [0.25, 0.3) is 5.91 Å². The summed E-state index contributed by atoms with van der Waals surface area (Å²) < 4.78 is 28.2. The highest BCUT2D eigenvalue weighted by Gasteiger charge is 2.31. The van der Waals surface area contributed by atoms with E-state index in [2.05, 4.69) is 29.0 Å².